The standard InChI is InChI=1S/C4H7N2O3P/c5-1-3-10(7,8,9)4-2-6/h7-9H,3-4H2. The molecule has 0 aliphatic rings. The Hall–Kier alpha value is -0.710. The zero-order valence-corrected chi connectivity index (χ0v) is 5.99. The van der Waals surface area contributed by atoms with Crippen LogP contribution in [0.4, 0.5) is 0 Å². The van der Waals surface area contributed by atoms with E-state index in [1.165, 1.54) is 12.1 Å². The van der Waals surface area contributed by atoms with Crippen molar-refractivity contribution in [3.05, 3.63) is 0 Å². The van der Waals surface area contributed by atoms with Crippen molar-refractivity contribution in [2.24, 2.45) is 0 Å². The predicted molar refractivity (Wildman–Crippen MR) is 34.5 cm³/mol. The third-order valence-electron chi connectivity index (χ3n) is 0.789. The fraction of sp³-hybridized carbons (Fsp3) is 0.500. The van der Waals surface area contributed by atoms with Crippen LogP contribution in [0, 0.1) is 22.7 Å². The second-order valence-electron chi connectivity index (χ2n) is 1.97. The Morgan fingerprint density at radius 3 is 1.50 bits per heavy atom. The summed E-state index contributed by atoms with van der Waals surface area (Å²) in [5, 5.41) is 16.0. The quantitative estimate of drug-likeness (QED) is 0.465. The molecule has 0 spiro atoms. The molecule has 5 nitrogen and oxygen atoms in total. The summed E-state index contributed by atoms with van der Waals surface area (Å²) in [5.74, 6) is 0. The van der Waals surface area contributed by atoms with Gasteiger partial charge in [-0.15, -0.1) is 0 Å². The van der Waals surface area contributed by atoms with Gasteiger partial charge >= 0.3 is 57.0 Å². The molecule has 0 atom stereocenters. The van der Waals surface area contributed by atoms with E-state index in [9.17, 15) is 0 Å². The van der Waals surface area contributed by atoms with Gasteiger partial charge in [-0.3, -0.25) is 0 Å². The second-order valence-corrected chi connectivity index (χ2v) is 5.29. The van der Waals surface area contributed by atoms with Crippen molar-refractivity contribution in [3.63, 3.8) is 0 Å². The van der Waals surface area contributed by atoms with Crippen LogP contribution in [0.3, 0.4) is 0 Å². The van der Waals surface area contributed by atoms with Gasteiger partial charge in [0.2, 0.25) is 0 Å². The maximum absolute atomic E-state index is 8.78. The molecular weight excluding hydrogens is 155 g/mol. The summed E-state index contributed by atoms with van der Waals surface area (Å²) < 4.78 is 0. The van der Waals surface area contributed by atoms with Gasteiger partial charge in [-0.2, -0.15) is 0 Å². The van der Waals surface area contributed by atoms with E-state index in [0.29, 0.717) is 0 Å². The molecule has 3 N–H and O–H groups in total. The van der Waals surface area contributed by atoms with Crippen molar-refractivity contribution in [2.45, 2.75) is 0 Å². The molecule has 0 radical (unpaired) electrons. The van der Waals surface area contributed by atoms with Crippen LogP contribution in [0.1, 0.15) is 0 Å². The van der Waals surface area contributed by atoms with Crippen molar-refractivity contribution in [3.8, 4) is 12.1 Å². The number of nitriles is 2. The first-order valence-corrected chi connectivity index (χ1v) is 4.85. The normalized spacial score (nSPS) is 14.3. The number of hydrogen-bond donors (Lipinski definition) is 3. The molecule has 0 aliphatic heterocycles. The first kappa shape index (κ1) is 9.29. The van der Waals surface area contributed by atoms with Crippen molar-refractivity contribution >= 4 is 7.28 Å². The van der Waals surface area contributed by atoms with E-state index in [4.69, 9.17) is 25.2 Å². The third kappa shape index (κ3) is 3.34. The minimum atomic E-state index is -4.88. The monoisotopic (exact) mass is 162 g/mol. The Balaban J connectivity index is 4.33. The molecule has 0 aliphatic carbocycles. The van der Waals surface area contributed by atoms with Gasteiger partial charge in [0.1, 0.15) is 0 Å². The van der Waals surface area contributed by atoms with E-state index < -0.39 is 19.6 Å². The van der Waals surface area contributed by atoms with Crippen molar-refractivity contribution in [1.29, 1.82) is 10.5 Å². The Labute approximate surface area is 57.9 Å². The zero-order valence-electron chi connectivity index (χ0n) is 5.10. The molecule has 0 aromatic rings. The molecule has 56 valence electrons. The Bertz CT molecular complexity index is 185. The van der Waals surface area contributed by atoms with Gasteiger partial charge in [-0.25, -0.2) is 0 Å². The van der Waals surface area contributed by atoms with Crippen LogP contribution in [-0.4, -0.2) is 27.0 Å². The van der Waals surface area contributed by atoms with Crippen LogP contribution in [0.15, 0.2) is 0 Å². The molecule has 0 aromatic carbocycles. The van der Waals surface area contributed by atoms with Crippen molar-refractivity contribution < 1.29 is 14.7 Å². The van der Waals surface area contributed by atoms with Gasteiger partial charge in [0.15, 0.2) is 0 Å². The Morgan fingerprint density at radius 2 is 1.30 bits per heavy atom. The van der Waals surface area contributed by atoms with Crippen LogP contribution < -0.4 is 0 Å². The summed E-state index contributed by atoms with van der Waals surface area (Å²) in [7, 11) is -4.88. The Kier molecular flexibility index (Phi) is 2.32. The number of rotatable bonds is 2. The van der Waals surface area contributed by atoms with Crippen LogP contribution in [-0.2, 0) is 0 Å². The molecule has 0 saturated carbocycles. The molecule has 6 heteroatoms. The topological polar surface area (TPSA) is 108 Å². The fourth-order valence-corrected chi connectivity index (χ4v) is 1.04. The van der Waals surface area contributed by atoms with Crippen LogP contribution in [0.2, 0.25) is 0 Å². The average Bonchev–Trinajstić information content (AvgIpc) is 1.61. The van der Waals surface area contributed by atoms with Crippen molar-refractivity contribution in [1.82, 2.24) is 0 Å². The van der Waals surface area contributed by atoms with Crippen LogP contribution >= 0.6 is 7.28 Å². The first-order chi connectivity index (χ1) is 4.39. The summed E-state index contributed by atoms with van der Waals surface area (Å²) in [6, 6.07) is 2.78. The molecule has 10 heavy (non-hydrogen) atoms. The fourth-order valence-electron chi connectivity index (χ4n) is 0.346. The zero-order chi connectivity index (χ0) is 8.28. The summed E-state index contributed by atoms with van der Waals surface area (Å²) >= 11 is 0. The van der Waals surface area contributed by atoms with Crippen molar-refractivity contribution in [2.75, 3.05) is 12.3 Å². The SMILES string of the molecule is N#CCP(O)(O)(O)CC#N. The van der Waals surface area contributed by atoms with E-state index in [0.717, 1.165) is 0 Å². The van der Waals surface area contributed by atoms with E-state index in [1.54, 1.807) is 0 Å². The van der Waals surface area contributed by atoms with Gasteiger partial charge in [-0.1, -0.05) is 0 Å². The van der Waals surface area contributed by atoms with Crippen LogP contribution in [0.5, 0.6) is 0 Å². The molecule has 0 aromatic heterocycles. The maximum atomic E-state index is 8.78. The summed E-state index contributed by atoms with van der Waals surface area (Å²) in [4.78, 5) is 26.3. The van der Waals surface area contributed by atoms with Gasteiger partial charge in [0.05, 0.1) is 0 Å². The second kappa shape index (κ2) is 2.49. The average molecular weight is 162 g/mol. The summed E-state index contributed by atoms with van der Waals surface area (Å²) in [6.07, 6.45) is -1.56. The molecule has 0 rings (SSSR count). The first-order valence-electron chi connectivity index (χ1n) is 2.39. The van der Waals surface area contributed by atoms with Crippen LogP contribution in [0.25, 0.3) is 0 Å². The minimum absolute atomic E-state index is 0.779. The molecule has 0 heterocycles. The van der Waals surface area contributed by atoms with E-state index in [-0.39, 0.29) is 0 Å². The van der Waals surface area contributed by atoms with Gasteiger partial charge in [0, 0.05) is 0 Å². The summed E-state index contributed by atoms with van der Waals surface area (Å²) in [6.45, 7) is 0. The molecule has 0 saturated heterocycles. The predicted octanol–water partition coefficient (Wildman–Crippen LogP) is -0.691. The van der Waals surface area contributed by atoms with Gasteiger partial charge in [0.25, 0.3) is 0 Å². The van der Waals surface area contributed by atoms with Gasteiger partial charge < -0.3 is 0 Å². The molecule has 0 amide bonds. The number of hydrogen-bond acceptors (Lipinski definition) is 5. The van der Waals surface area contributed by atoms with E-state index in [2.05, 4.69) is 0 Å². The van der Waals surface area contributed by atoms with Gasteiger partial charge in [-0.05, 0) is 0 Å². The summed E-state index contributed by atoms with van der Waals surface area (Å²) in [5.41, 5.74) is 0. The Morgan fingerprint density at radius 1 is 1.00 bits per heavy atom. The third-order valence-corrected chi connectivity index (χ3v) is 2.37. The molecule has 0 bridgehead atoms. The molecule has 0 unspecified atom stereocenters. The van der Waals surface area contributed by atoms with E-state index in [1.807, 2.05) is 0 Å². The van der Waals surface area contributed by atoms with E-state index >= 15 is 0 Å². The molecular formula is C4H7N2O3P. The molecule has 0 fully saturated rings. The number of nitrogens with zero attached hydrogens (tertiary/aromatic N) is 2.